The summed E-state index contributed by atoms with van der Waals surface area (Å²) in [4.78, 5) is 11.6. The number of benzene rings is 1. The third-order valence-corrected chi connectivity index (χ3v) is 3.91. The summed E-state index contributed by atoms with van der Waals surface area (Å²) in [5, 5.41) is 3.00. The monoisotopic (exact) mass is 265 g/mol. The lowest BCUT2D eigenvalue weighted by atomic mass is 10.2. The predicted octanol–water partition coefficient (Wildman–Crippen LogP) is 2.21. The van der Waals surface area contributed by atoms with Crippen molar-refractivity contribution in [3.63, 3.8) is 0 Å². The van der Waals surface area contributed by atoms with Crippen LogP contribution in [0.25, 0.3) is 0 Å². The van der Waals surface area contributed by atoms with Gasteiger partial charge in [0.1, 0.15) is 0 Å². The number of carbonyl (C=O) groups is 1. The molecule has 1 aliphatic heterocycles. The number of nitrogens with one attached hydrogen (secondary N) is 1. The Morgan fingerprint density at radius 1 is 1.39 bits per heavy atom. The van der Waals surface area contributed by atoms with E-state index in [1.54, 1.807) is 11.8 Å². The highest BCUT2D eigenvalue weighted by Gasteiger charge is 2.17. The molecule has 1 aromatic carbocycles. The third kappa shape index (κ3) is 4.70. The van der Waals surface area contributed by atoms with Gasteiger partial charge < -0.3 is 10.1 Å². The Kier molecular flexibility index (Phi) is 5.55. The molecule has 0 aliphatic carbocycles. The van der Waals surface area contributed by atoms with Gasteiger partial charge in [-0.2, -0.15) is 11.8 Å². The molecule has 3 nitrogen and oxygen atoms in total. The van der Waals surface area contributed by atoms with E-state index in [-0.39, 0.29) is 11.9 Å². The average Bonchev–Trinajstić information content (AvgIpc) is 2.89. The Morgan fingerprint density at radius 3 is 2.94 bits per heavy atom. The van der Waals surface area contributed by atoms with E-state index in [1.807, 2.05) is 18.2 Å². The quantitative estimate of drug-likeness (QED) is 0.802. The van der Waals surface area contributed by atoms with Crippen molar-refractivity contribution < 1.29 is 9.53 Å². The molecule has 1 aliphatic rings. The molecule has 1 amide bonds. The Bertz CT molecular complexity index is 363. The van der Waals surface area contributed by atoms with Gasteiger partial charge in [0.25, 0.3) is 0 Å². The summed E-state index contributed by atoms with van der Waals surface area (Å²) in [6.45, 7) is 1.44. The summed E-state index contributed by atoms with van der Waals surface area (Å²) in [5.41, 5.74) is 1.31. The zero-order valence-corrected chi connectivity index (χ0v) is 11.2. The molecule has 1 saturated heterocycles. The first-order chi connectivity index (χ1) is 8.84. The highest BCUT2D eigenvalue weighted by Crippen LogP contribution is 2.12. The smallest absolute Gasteiger partial charge is 0.221 e. The van der Waals surface area contributed by atoms with E-state index in [0.717, 1.165) is 24.5 Å². The number of hydrogen-bond donors (Lipinski definition) is 1. The molecule has 1 N–H and O–H groups in total. The van der Waals surface area contributed by atoms with Crippen LogP contribution in [0.2, 0.25) is 0 Å². The molecule has 0 aromatic heterocycles. The SMILES string of the molecule is O=C(CCSCc1ccccc1)NC1CCOC1. The molecule has 1 unspecified atom stereocenters. The molecule has 0 radical (unpaired) electrons. The molecule has 0 bridgehead atoms. The van der Waals surface area contributed by atoms with E-state index in [1.165, 1.54) is 5.56 Å². The highest BCUT2D eigenvalue weighted by molar-refractivity contribution is 7.98. The van der Waals surface area contributed by atoms with Crippen molar-refractivity contribution in [2.24, 2.45) is 0 Å². The summed E-state index contributed by atoms with van der Waals surface area (Å²) >= 11 is 1.80. The van der Waals surface area contributed by atoms with Gasteiger partial charge in [-0.1, -0.05) is 30.3 Å². The molecule has 1 aromatic rings. The largest absolute Gasteiger partial charge is 0.379 e. The zero-order chi connectivity index (χ0) is 12.6. The molecule has 4 heteroatoms. The van der Waals surface area contributed by atoms with Crippen molar-refractivity contribution in [2.75, 3.05) is 19.0 Å². The van der Waals surface area contributed by atoms with E-state index in [9.17, 15) is 4.79 Å². The molecular weight excluding hydrogens is 246 g/mol. The van der Waals surface area contributed by atoms with Gasteiger partial charge in [0.2, 0.25) is 5.91 Å². The van der Waals surface area contributed by atoms with Crippen LogP contribution in [0.15, 0.2) is 30.3 Å². The summed E-state index contributed by atoms with van der Waals surface area (Å²) in [6.07, 6.45) is 1.54. The van der Waals surface area contributed by atoms with Crippen molar-refractivity contribution in [3.05, 3.63) is 35.9 Å². The van der Waals surface area contributed by atoms with Crippen LogP contribution in [-0.4, -0.2) is 30.9 Å². The van der Waals surface area contributed by atoms with Crippen LogP contribution in [0.1, 0.15) is 18.4 Å². The topological polar surface area (TPSA) is 38.3 Å². The molecular formula is C14H19NO2S. The second kappa shape index (κ2) is 7.44. The maximum Gasteiger partial charge on any atom is 0.221 e. The number of carbonyl (C=O) groups excluding carboxylic acids is 1. The first kappa shape index (κ1) is 13.4. The Labute approximate surface area is 112 Å². The van der Waals surface area contributed by atoms with Gasteiger partial charge >= 0.3 is 0 Å². The Hall–Kier alpha value is -1.00. The van der Waals surface area contributed by atoms with Gasteiger partial charge in [-0.25, -0.2) is 0 Å². The van der Waals surface area contributed by atoms with Crippen LogP contribution >= 0.6 is 11.8 Å². The van der Waals surface area contributed by atoms with Gasteiger partial charge in [0, 0.05) is 24.5 Å². The minimum absolute atomic E-state index is 0.145. The lowest BCUT2D eigenvalue weighted by Crippen LogP contribution is -2.35. The maximum absolute atomic E-state index is 11.6. The molecule has 98 valence electrons. The lowest BCUT2D eigenvalue weighted by Gasteiger charge is -2.10. The van der Waals surface area contributed by atoms with Gasteiger partial charge in [0.15, 0.2) is 0 Å². The molecule has 2 rings (SSSR count). The van der Waals surface area contributed by atoms with Gasteiger partial charge in [-0.15, -0.1) is 0 Å². The third-order valence-electron chi connectivity index (χ3n) is 2.88. The van der Waals surface area contributed by atoms with Crippen LogP contribution in [0.3, 0.4) is 0 Å². The van der Waals surface area contributed by atoms with Crippen LogP contribution in [-0.2, 0) is 15.3 Å². The van der Waals surface area contributed by atoms with Gasteiger partial charge in [0.05, 0.1) is 12.6 Å². The van der Waals surface area contributed by atoms with Crippen LogP contribution in [0.5, 0.6) is 0 Å². The number of rotatable bonds is 6. The molecule has 1 fully saturated rings. The highest BCUT2D eigenvalue weighted by atomic mass is 32.2. The Morgan fingerprint density at radius 2 is 2.22 bits per heavy atom. The van der Waals surface area contributed by atoms with Crippen molar-refractivity contribution >= 4 is 17.7 Å². The summed E-state index contributed by atoms with van der Waals surface area (Å²) in [6, 6.07) is 10.6. The van der Waals surface area contributed by atoms with Crippen molar-refractivity contribution in [3.8, 4) is 0 Å². The number of ether oxygens (including phenoxy) is 1. The average molecular weight is 265 g/mol. The molecule has 0 spiro atoms. The van der Waals surface area contributed by atoms with E-state index >= 15 is 0 Å². The fourth-order valence-corrected chi connectivity index (χ4v) is 2.78. The van der Waals surface area contributed by atoms with E-state index in [0.29, 0.717) is 13.0 Å². The number of amides is 1. The lowest BCUT2D eigenvalue weighted by molar-refractivity contribution is -0.121. The predicted molar refractivity (Wildman–Crippen MR) is 74.6 cm³/mol. The van der Waals surface area contributed by atoms with Crippen LogP contribution < -0.4 is 5.32 Å². The molecule has 18 heavy (non-hydrogen) atoms. The minimum atomic E-state index is 0.145. The Balaban J connectivity index is 1.56. The molecule has 1 heterocycles. The van der Waals surface area contributed by atoms with E-state index in [2.05, 4.69) is 17.4 Å². The summed E-state index contributed by atoms with van der Waals surface area (Å²) in [7, 11) is 0. The summed E-state index contributed by atoms with van der Waals surface area (Å²) < 4.78 is 5.22. The summed E-state index contributed by atoms with van der Waals surface area (Å²) in [5.74, 6) is 1.99. The van der Waals surface area contributed by atoms with Crippen molar-refractivity contribution in [1.82, 2.24) is 5.32 Å². The fraction of sp³-hybridized carbons (Fsp3) is 0.500. The number of thioether (sulfide) groups is 1. The van der Waals surface area contributed by atoms with E-state index < -0.39 is 0 Å². The fourth-order valence-electron chi connectivity index (χ4n) is 1.88. The van der Waals surface area contributed by atoms with Crippen LogP contribution in [0.4, 0.5) is 0 Å². The van der Waals surface area contributed by atoms with E-state index in [4.69, 9.17) is 4.74 Å². The molecule has 1 atom stereocenters. The zero-order valence-electron chi connectivity index (χ0n) is 10.4. The maximum atomic E-state index is 11.6. The second-order valence-corrected chi connectivity index (χ2v) is 5.52. The second-order valence-electron chi connectivity index (χ2n) is 4.42. The molecule has 0 saturated carbocycles. The van der Waals surface area contributed by atoms with Crippen molar-refractivity contribution in [2.45, 2.75) is 24.6 Å². The minimum Gasteiger partial charge on any atom is -0.379 e. The number of hydrogen-bond acceptors (Lipinski definition) is 3. The normalized spacial score (nSPS) is 18.8. The van der Waals surface area contributed by atoms with Gasteiger partial charge in [-0.05, 0) is 12.0 Å². The van der Waals surface area contributed by atoms with Crippen LogP contribution in [0, 0.1) is 0 Å². The first-order valence-electron chi connectivity index (χ1n) is 6.33. The van der Waals surface area contributed by atoms with Crippen molar-refractivity contribution in [1.29, 1.82) is 0 Å². The van der Waals surface area contributed by atoms with Gasteiger partial charge in [-0.3, -0.25) is 4.79 Å². The first-order valence-corrected chi connectivity index (χ1v) is 7.49. The standard InChI is InChI=1S/C14H19NO2S/c16-14(15-13-6-8-17-10-13)7-9-18-11-12-4-2-1-3-5-12/h1-5,13H,6-11H2,(H,15,16).